The number of rotatable bonds is 2. The van der Waals surface area contributed by atoms with Crippen molar-refractivity contribution in [3.8, 4) is 0 Å². The minimum Gasteiger partial charge on any atom is -0.314 e. The molecule has 0 bridgehead atoms. The molecule has 0 aromatic carbocycles. The fourth-order valence-corrected chi connectivity index (χ4v) is 3.22. The van der Waals surface area contributed by atoms with Gasteiger partial charge in [0.2, 0.25) is 0 Å². The van der Waals surface area contributed by atoms with Crippen molar-refractivity contribution in [2.45, 2.75) is 37.8 Å². The van der Waals surface area contributed by atoms with E-state index in [1.165, 1.54) is 38.8 Å². The highest BCUT2D eigenvalue weighted by Gasteiger charge is 2.47. The highest BCUT2D eigenvalue weighted by molar-refractivity contribution is 5.01. The fourth-order valence-electron chi connectivity index (χ4n) is 3.22. The van der Waals surface area contributed by atoms with Gasteiger partial charge in [0.1, 0.15) is 0 Å². The third-order valence-corrected chi connectivity index (χ3v) is 4.41. The van der Waals surface area contributed by atoms with Gasteiger partial charge in [0.25, 0.3) is 0 Å². The Morgan fingerprint density at radius 2 is 2.08 bits per heavy atom. The molecule has 3 aliphatic rings. The standard InChI is InChI=1S/C11H20N2/c1-13(9-6-12-7-9)11-4-2-3-8-5-10(8)11/h8-12H,2-7H2,1H3. The Bertz CT molecular complexity index is 200. The molecule has 13 heavy (non-hydrogen) atoms. The summed E-state index contributed by atoms with van der Waals surface area (Å²) >= 11 is 0. The first-order valence-corrected chi connectivity index (χ1v) is 5.79. The lowest BCUT2D eigenvalue weighted by Crippen LogP contribution is -2.59. The summed E-state index contributed by atoms with van der Waals surface area (Å²) in [4.78, 5) is 2.67. The first-order chi connectivity index (χ1) is 6.36. The van der Waals surface area contributed by atoms with Crippen LogP contribution in [0, 0.1) is 11.8 Å². The molecule has 74 valence electrons. The molecule has 3 atom stereocenters. The van der Waals surface area contributed by atoms with E-state index in [1.807, 2.05) is 0 Å². The molecule has 3 rings (SSSR count). The summed E-state index contributed by atoms with van der Waals surface area (Å²) in [6.45, 7) is 2.45. The number of hydrogen-bond donors (Lipinski definition) is 1. The molecule has 0 aromatic rings. The van der Waals surface area contributed by atoms with Crippen LogP contribution in [0.5, 0.6) is 0 Å². The van der Waals surface area contributed by atoms with Crippen molar-refractivity contribution in [3.05, 3.63) is 0 Å². The second-order valence-electron chi connectivity index (χ2n) is 5.14. The lowest BCUT2D eigenvalue weighted by molar-refractivity contribution is 0.0937. The zero-order valence-electron chi connectivity index (χ0n) is 8.50. The van der Waals surface area contributed by atoms with Gasteiger partial charge in [0, 0.05) is 25.2 Å². The Labute approximate surface area is 80.7 Å². The summed E-state index contributed by atoms with van der Waals surface area (Å²) < 4.78 is 0. The Balaban J connectivity index is 1.62. The van der Waals surface area contributed by atoms with Crippen molar-refractivity contribution in [2.24, 2.45) is 11.8 Å². The average molecular weight is 180 g/mol. The third kappa shape index (κ3) is 1.31. The van der Waals surface area contributed by atoms with Crippen molar-refractivity contribution in [2.75, 3.05) is 20.1 Å². The second-order valence-corrected chi connectivity index (χ2v) is 5.14. The summed E-state index contributed by atoms with van der Waals surface area (Å²) in [7, 11) is 2.34. The molecule has 2 heteroatoms. The van der Waals surface area contributed by atoms with E-state index < -0.39 is 0 Å². The predicted octanol–water partition coefficient (Wildman–Crippen LogP) is 1.08. The molecule has 2 saturated carbocycles. The maximum Gasteiger partial charge on any atom is 0.0345 e. The molecule has 0 radical (unpaired) electrons. The number of nitrogens with one attached hydrogen (secondary N) is 1. The maximum absolute atomic E-state index is 3.37. The quantitative estimate of drug-likeness (QED) is 0.684. The van der Waals surface area contributed by atoms with Crippen LogP contribution in [0.4, 0.5) is 0 Å². The lowest BCUT2D eigenvalue weighted by Gasteiger charge is -2.42. The maximum atomic E-state index is 3.37. The van der Waals surface area contributed by atoms with Crippen LogP contribution in [0.25, 0.3) is 0 Å². The van der Waals surface area contributed by atoms with Gasteiger partial charge in [-0.25, -0.2) is 0 Å². The summed E-state index contributed by atoms with van der Waals surface area (Å²) in [5.41, 5.74) is 0. The Morgan fingerprint density at radius 3 is 2.77 bits per heavy atom. The molecule has 1 saturated heterocycles. The Hall–Kier alpha value is -0.0800. The highest BCUT2D eigenvalue weighted by Crippen LogP contribution is 2.51. The molecular formula is C11H20N2. The van der Waals surface area contributed by atoms with Crippen molar-refractivity contribution in [1.82, 2.24) is 10.2 Å². The second kappa shape index (κ2) is 2.96. The first kappa shape index (κ1) is 8.25. The topological polar surface area (TPSA) is 15.3 Å². The van der Waals surface area contributed by atoms with Crippen molar-refractivity contribution in [1.29, 1.82) is 0 Å². The zero-order chi connectivity index (χ0) is 8.84. The first-order valence-electron chi connectivity index (χ1n) is 5.79. The van der Waals surface area contributed by atoms with Crippen LogP contribution in [0.3, 0.4) is 0 Å². The molecule has 1 N–H and O–H groups in total. The SMILES string of the molecule is CN(C1CNC1)C1CCCC2CC21. The van der Waals surface area contributed by atoms with E-state index in [1.54, 1.807) is 0 Å². The smallest absolute Gasteiger partial charge is 0.0345 e. The van der Waals surface area contributed by atoms with E-state index in [4.69, 9.17) is 0 Å². The van der Waals surface area contributed by atoms with E-state index in [0.29, 0.717) is 0 Å². The van der Waals surface area contributed by atoms with Crippen molar-refractivity contribution < 1.29 is 0 Å². The molecule has 1 aliphatic heterocycles. The number of hydrogen-bond acceptors (Lipinski definition) is 2. The summed E-state index contributed by atoms with van der Waals surface area (Å²) in [5.74, 6) is 2.20. The van der Waals surface area contributed by atoms with Crippen LogP contribution >= 0.6 is 0 Å². The highest BCUT2D eigenvalue weighted by atomic mass is 15.2. The van der Waals surface area contributed by atoms with Crippen LogP contribution in [-0.4, -0.2) is 37.1 Å². The van der Waals surface area contributed by atoms with Gasteiger partial charge in [0.15, 0.2) is 0 Å². The normalized spacial score (nSPS) is 44.3. The molecule has 3 fully saturated rings. The van der Waals surface area contributed by atoms with Crippen LogP contribution < -0.4 is 5.32 Å². The van der Waals surface area contributed by atoms with Crippen LogP contribution in [0.15, 0.2) is 0 Å². The van der Waals surface area contributed by atoms with Gasteiger partial charge < -0.3 is 5.32 Å². The number of fused-ring (bicyclic) bond motifs is 1. The van der Waals surface area contributed by atoms with E-state index >= 15 is 0 Å². The van der Waals surface area contributed by atoms with Gasteiger partial charge >= 0.3 is 0 Å². The predicted molar refractivity (Wildman–Crippen MR) is 53.7 cm³/mol. The average Bonchev–Trinajstić information content (AvgIpc) is 2.77. The summed E-state index contributed by atoms with van der Waals surface area (Å²) in [5, 5.41) is 3.37. The lowest BCUT2D eigenvalue weighted by atomic mass is 9.93. The van der Waals surface area contributed by atoms with Crippen molar-refractivity contribution in [3.63, 3.8) is 0 Å². The molecule has 0 spiro atoms. The van der Waals surface area contributed by atoms with E-state index in [2.05, 4.69) is 17.3 Å². The number of likely N-dealkylation sites (N-methyl/N-ethyl adjacent to an activating group) is 1. The van der Waals surface area contributed by atoms with E-state index in [-0.39, 0.29) is 0 Å². The zero-order valence-corrected chi connectivity index (χ0v) is 8.50. The fraction of sp³-hybridized carbons (Fsp3) is 1.00. The molecule has 1 heterocycles. The van der Waals surface area contributed by atoms with Gasteiger partial charge in [-0.2, -0.15) is 0 Å². The summed E-state index contributed by atoms with van der Waals surface area (Å²) in [6, 6.07) is 1.79. The molecule has 0 amide bonds. The van der Waals surface area contributed by atoms with Crippen LogP contribution in [0.2, 0.25) is 0 Å². The monoisotopic (exact) mass is 180 g/mol. The van der Waals surface area contributed by atoms with Crippen molar-refractivity contribution >= 4 is 0 Å². The van der Waals surface area contributed by atoms with Gasteiger partial charge in [-0.3, -0.25) is 4.90 Å². The molecule has 2 aliphatic carbocycles. The van der Waals surface area contributed by atoms with Gasteiger partial charge in [0.05, 0.1) is 0 Å². The van der Waals surface area contributed by atoms with Gasteiger partial charge in [-0.1, -0.05) is 12.8 Å². The molecule has 3 unspecified atom stereocenters. The minimum atomic E-state index is 0.851. The third-order valence-electron chi connectivity index (χ3n) is 4.41. The Kier molecular flexibility index (Phi) is 1.88. The summed E-state index contributed by atoms with van der Waals surface area (Å²) in [6.07, 6.45) is 6.01. The number of nitrogens with zero attached hydrogens (tertiary/aromatic N) is 1. The molecular weight excluding hydrogens is 160 g/mol. The Morgan fingerprint density at radius 1 is 1.23 bits per heavy atom. The molecule has 0 aromatic heterocycles. The molecule has 2 nitrogen and oxygen atoms in total. The van der Waals surface area contributed by atoms with Crippen LogP contribution in [-0.2, 0) is 0 Å². The van der Waals surface area contributed by atoms with Crippen LogP contribution in [0.1, 0.15) is 25.7 Å². The van der Waals surface area contributed by atoms with E-state index in [9.17, 15) is 0 Å². The largest absolute Gasteiger partial charge is 0.314 e. The minimum absolute atomic E-state index is 0.851. The van der Waals surface area contributed by atoms with Gasteiger partial charge in [-0.05, 0) is 31.7 Å². The van der Waals surface area contributed by atoms with E-state index in [0.717, 1.165) is 23.9 Å². The van der Waals surface area contributed by atoms with Gasteiger partial charge in [-0.15, -0.1) is 0 Å².